The van der Waals surface area contributed by atoms with E-state index < -0.39 is 23.8 Å². The minimum Gasteiger partial charge on any atom is -0.343 e. The first kappa shape index (κ1) is 16.7. The third-order valence-corrected chi connectivity index (χ3v) is 4.91. The molecule has 0 aliphatic carbocycles. The van der Waals surface area contributed by atoms with Crippen LogP contribution in [0.2, 0.25) is 5.02 Å². The van der Waals surface area contributed by atoms with Crippen LogP contribution in [0.4, 0.5) is 0 Å². The first-order valence-electron chi connectivity index (χ1n) is 5.52. The van der Waals surface area contributed by atoms with E-state index >= 15 is 0 Å². The zero-order valence-electron chi connectivity index (χ0n) is 10.8. The van der Waals surface area contributed by atoms with E-state index in [2.05, 4.69) is 4.18 Å². The van der Waals surface area contributed by atoms with Crippen LogP contribution >= 0.6 is 19.0 Å². The maximum atomic E-state index is 12.1. The first-order chi connectivity index (χ1) is 8.54. The van der Waals surface area contributed by atoms with Gasteiger partial charge in [-0.25, -0.2) is 0 Å². The summed E-state index contributed by atoms with van der Waals surface area (Å²) in [4.78, 5) is 8.97. The van der Waals surface area contributed by atoms with E-state index in [0.717, 1.165) is 6.66 Å². The summed E-state index contributed by atoms with van der Waals surface area (Å²) in [5.74, 6) is -0.0744. The largest absolute Gasteiger partial charge is 0.343 e. The van der Waals surface area contributed by atoms with Gasteiger partial charge in [0.25, 0.3) is 10.1 Å². The molecule has 0 bridgehead atoms. The van der Waals surface area contributed by atoms with Crippen LogP contribution in [0.15, 0.2) is 23.1 Å². The van der Waals surface area contributed by atoms with Gasteiger partial charge in [-0.05, 0) is 17.5 Å². The first-order valence-corrected chi connectivity index (χ1v) is 9.59. The molecule has 1 rings (SSSR count). The van der Waals surface area contributed by atoms with Gasteiger partial charge in [0.1, 0.15) is 11.2 Å². The Morgan fingerprint density at radius 1 is 1.42 bits per heavy atom. The van der Waals surface area contributed by atoms with Gasteiger partial charge in [-0.3, -0.25) is 8.75 Å². The maximum absolute atomic E-state index is 12.1. The summed E-state index contributed by atoms with van der Waals surface area (Å²) >= 11 is 5.92. The van der Waals surface area contributed by atoms with E-state index in [9.17, 15) is 13.0 Å². The molecule has 1 atom stereocenters. The van der Waals surface area contributed by atoms with Crippen LogP contribution < -0.4 is 0 Å². The molecule has 0 heterocycles. The molecule has 0 aromatic heterocycles. The van der Waals surface area contributed by atoms with E-state index in [-0.39, 0.29) is 15.8 Å². The molecule has 0 amide bonds. The van der Waals surface area contributed by atoms with Gasteiger partial charge >= 0.3 is 0 Å². The Labute approximate surface area is 118 Å². The monoisotopic (exact) mass is 326 g/mol. The van der Waals surface area contributed by atoms with Gasteiger partial charge in [0.05, 0.1) is 5.02 Å². The molecule has 0 saturated heterocycles. The van der Waals surface area contributed by atoms with Gasteiger partial charge in [-0.15, -0.1) is 0 Å². The lowest BCUT2D eigenvalue weighted by molar-refractivity contribution is 0.348. The van der Waals surface area contributed by atoms with E-state index in [1.54, 1.807) is 12.1 Å². The smallest absolute Gasteiger partial charge is 0.299 e. The second-order valence-corrected chi connectivity index (χ2v) is 8.88. The van der Waals surface area contributed by atoms with Crippen molar-refractivity contribution in [3.05, 3.63) is 28.8 Å². The molecule has 0 aliphatic heterocycles. The van der Waals surface area contributed by atoms with E-state index in [0.29, 0.717) is 5.56 Å². The number of hydrogen-bond donors (Lipinski definition) is 1. The normalized spacial score (nSPS) is 15.5. The van der Waals surface area contributed by atoms with Crippen LogP contribution in [-0.4, -0.2) is 26.3 Å². The van der Waals surface area contributed by atoms with Gasteiger partial charge < -0.3 is 4.89 Å². The molecule has 0 saturated carbocycles. The average molecular weight is 327 g/mol. The van der Waals surface area contributed by atoms with Crippen molar-refractivity contribution in [2.45, 2.75) is 24.7 Å². The van der Waals surface area contributed by atoms with Gasteiger partial charge in [0.15, 0.2) is 0 Å². The van der Waals surface area contributed by atoms with Crippen molar-refractivity contribution < 1.29 is 22.1 Å². The molecule has 108 valence electrons. The molecule has 8 heteroatoms. The Hall–Kier alpha value is -0.390. The molecule has 0 radical (unpaired) electrons. The second-order valence-electron chi connectivity index (χ2n) is 4.56. The molecule has 5 nitrogen and oxygen atoms in total. The Balaban J connectivity index is 3.25. The Bertz CT molecular complexity index is 606. The fourth-order valence-corrected chi connectivity index (χ4v) is 4.29. The van der Waals surface area contributed by atoms with Gasteiger partial charge in [0.2, 0.25) is 7.37 Å². The fourth-order valence-electron chi connectivity index (χ4n) is 1.47. The van der Waals surface area contributed by atoms with Gasteiger partial charge in [-0.1, -0.05) is 37.6 Å². The Morgan fingerprint density at radius 3 is 2.47 bits per heavy atom. The molecule has 0 aliphatic rings. The molecule has 1 aromatic carbocycles. The SMILES string of the molecule is CC(C)c1cccc(Cl)c1S(=O)(=O)OCP(C)(=O)O. The molecule has 1 N–H and O–H groups in total. The molecule has 0 spiro atoms. The minimum atomic E-state index is -4.16. The summed E-state index contributed by atoms with van der Waals surface area (Å²) in [5.41, 5.74) is 0.511. The second kappa shape index (κ2) is 5.94. The third kappa shape index (κ3) is 4.58. The van der Waals surface area contributed by atoms with E-state index in [4.69, 9.17) is 16.5 Å². The van der Waals surface area contributed by atoms with Crippen molar-refractivity contribution in [3.8, 4) is 0 Å². The highest BCUT2D eigenvalue weighted by molar-refractivity contribution is 7.87. The lowest BCUT2D eigenvalue weighted by Gasteiger charge is -2.15. The quantitative estimate of drug-likeness (QED) is 0.664. The number of hydrogen-bond acceptors (Lipinski definition) is 4. The molecule has 1 aromatic rings. The van der Waals surface area contributed by atoms with Crippen molar-refractivity contribution in [2.24, 2.45) is 0 Å². The van der Waals surface area contributed by atoms with Gasteiger partial charge in [0, 0.05) is 6.66 Å². The molecular weight excluding hydrogens is 311 g/mol. The Kier molecular flexibility index (Phi) is 5.21. The van der Waals surface area contributed by atoms with Crippen molar-refractivity contribution in [1.82, 2.24) is 0 Å². The van der Waals surface area contributed by atoms with Crippen molar-refractivity contribution in [1.29, 1.82) is 0 Å². The maximum Gasteiger partial charge on any atom is 0.299 e. The van der Waals surface area contributed by atoms with Crippen LogP contribution in [-0.2, 0) is 18.9 Å². The summed E-state index contributed by atoms with van der Waals surface area (Å²) in [6, 6.07) is 4.72. The lowest BCUT2D eigenvalue weighted by atomic mass is 10.0. The highest BCUT2D eigenvalue weighted by Gasteiger charge is 2.26. The van der Waals surface area contributed by atoms with Crippen molar-refractivity contribution in [3.63, 3.8) is 0 Å². The molecule has 19 heavy (non-hydrogen) atoms. The predicted octanol–water partition coefficient (Wildman–Crippen LogP) is 3.03. The van der Waals surface area contributed by atoms with Crippen LogP contribution in [0, 0.1) is 0 Å². The van der Waals surface area contributed by atoms with Crippen LogP contribution in [0.25, 0.3) is 0 Å². The van der Waals surface area contributed by atoms with Gasteiger partial charge in [-0.2, -0.15) is 8.42 Å². The number of rotatable bonds is 5. The van der Waals surface area contributed by atoms with Crippen LogP contribution in [0.1, 0.15) is 25.3 Å². The Morgan fingerprint density at radius 2 is 2.00 bits per heavy atom. The lowest BCUT2D eigenvalue weighted by Crippen LogP contribution is -2.11. The average Bonchev–Trinajstić information content (AvgIpc) is 2.25. The third-order valence-electron chi connectivity index (χ3n) is 2.32. The summed E-state index contributed by atoms with van der Waals surface area (Å²) in [7, 11) is -7.75. The van der Waals surface area contributed by atoms with E-state index in [1.165, 1.54) is 6.07 Å². The minimum absolute atomic E-state index is 0.0371. The van der Waals surface area contributed by atoms with Crippen molar-refractivity contribution in [2.75, 3.05) is 13.0 Å². The molecular formula is C11H16ClO5PS. The van der Waals surface area contributed by atoms with Crippen LogP contribution in [0.3, 0.4) is 0 Å². The standard InChI is InChI=1S/C11H16ClO5PS/c1-8(2)9-5-4-6-10(12)11(9)19(15,16)17-7-18(3,13)14/h4-6,8H,7H2,1-3H3,(H,13,14). The summed E-state index contributed by atoms with van der Waals surface area (Å²) in [6.45, 7) is 4.67. The van der Waals surface area contributed by atoms with Crippen LogP contribution in [0.5, 0.6) is 0 Å². The summed E-state index contributed by atoms with van der Waals surface area (Å²) in [6.07, 6.45) is -0.766. The summed E-state index contributed by atoms with van der Waals surface area (Å²) in [5, 5.41) is 0.0371. The van der Waals surface area contributed by atoms with Crippen molar-refractivity contribution >= 4 is 29.1 Å². The highest BCUT2D eigenvalue weighted by Crippen LogP contribution is 2.38. The molecule has 0 fully saturated rings. The zero-order valence-corrected chi connectivity index (χ0v) is 13.3. The topological polar surface area (TPSA) is 80.7 Å². The molecule has 1 unspecified atom stereocenters. The summed E-state index contributed by atoms with van der Waals surface area (Å²) < 4.78 is 39.9. The highest BCUT2D eigenvalue weighted by atomic mass is 35.5. The van der Waals surface area contributed by atoms with E-state index in [1.807, 2.05) is 13.8 Å². The number of halogens is 1. The predicted molar refractivity (Wildman–Crippen MR) is 74.4 cm³/mol. The fraction of sp³-hybridized carbons (Fsp3) is 0.455. The zero-order chi connectivity index (χ0) is 14.8. The number of benzene rings is 1.